The lowest BCUT2D eigenvalue weighted by molar-refractivity contribution is -0.142. The summed E-state index contributed by atoms with van der Waals surface area (Å²) in [7, 11) is 0. The highest BCUT2D eigenvalue weighted by Gasteiger charge is 2.27. The molecule has 11 nitrogen and oxygen atoms in total. The number of nitrogens with one attached hydrogen (secondary N) is 3. The van der Waals surface area contributed by atoms with Gasteiger partial charge in [0.2, 0.25) is 17.7 Å². The Balaban J connectivity index is 4.60. The van der Waals surface area contributed by atoms with Crippen molar-refractivity contribution in [3.63, 3.8) is 0 Å². The Morgan fingerprint density at radius 3 is 1.96 bits per heavy atom. The van der Waals surface area contributed by atoms with E-state index < -0.39 is 60.8 Å². The largest absolute Gasteiger partial charge is 0.481 e. The van der Waals surface area contributed by atoms with Gasteiger partial charge in [-0.05, 0) is 12.8 Å². The van der Waals surface area contributed by atoms with Gasteiger partial charge in [0.25, 0.3) is 0 Å². The highest BCUT2D eigenvalue weighted by atomic mass is 16.4. The maximum absolute atomic E-state index is 12.0. The van der Waals surface area contributed by atoms with Crippen molar-refractivity contribution in [2.24, 2.45) is 11.7 Å². The van der Waals surface area contributed by atoms with Gasteiger partial charge in [-0.3, -0.25) is 24.0 Å². The molecule has 3 atom stereocenters. The second-order valence-corrected chi connectivity index (χ2v) is 5.78. The Kier molecular flexibility index (Phi) is 9.13. The summed E-state index contributed by atoms with van der Waals surface area (Å²) >= 11 is 0. The van der Waals surface area contributed by atoms with Crippen LogP contribution < -0.4 is 21.7 Å². The molecule has 0 aromatic rings. The van der Waals surface area contributed by atoms with Gasteiger partial charge in [0, 0.05) is 0 Å². The first-order valence-electron chi connectivity index (χ1n) is 7.53. The van der Waals surface area contributed by atoms with E-state index in [0.717, 1.165) is 0 Å². The quantitative estimate of drug-likeness (QED) is 0.249. The molecule has 0 aromatic carbocycles. The number of hydrogen-bond donors (Lipinski definition) is 6. The monoisotopic (exact) mass is 360 g/mol. The number of carbonyl (C=O) groups excluding carboxylic acids is 3. The maximum Gasteiger partial charge on any atom is 0.325 e. The van der Waals surface area contributed by atoms with Crippen molar-refractivity contribution in [3.05, 3.63) is 0 Å². The molecule has 0 aromatic heterocycles. The van der Waals surface area contributed by atoms with E-state index in [9.17, 15) is 24.0 Å². The van der Waals surface area contributed by atoms with Gasteiger partial charge < -0.3 is 31.9 Å². The van der Waals surface area contributed by atoms with Crippen molar-refractivity contribution in [3.8, 4) is 0 Å². The van der Waals surface area contributed by atoms with Crippen LogP contribution in [0.3, 0.4) is 0 Å². The van der Waals surface area contributed by atoms with Crippen LogP contribution in [0, 0.1) is 5.92 Å². The summed E-state index contributed by atoms with van der Waals surface area (Å²) in [6.45, 7) is 4.08. The van der Waals surface area contributed by atoms with Gasteiger partial charge in [-0.15, -0.1) is 0 Å². The molecule has 0 saturated heterocycles. The number of nitrogens with two attached hydrogens (primary N) is 1. The van der Waals surface area contributed by atoms with Gasteiger partial charge in [0.05, 0.1) is 19.0 Å². The average molecular weight is 360 g/mol. The molecule has 25 heavy (non-hydrogen) atoms. The van der Waals surface area contributed by atoms with Gasteiger partial charge in [-0.1, -0.05) is 13.8 Å². The lowest BCUT2D eigenvalue weighted by Gasteiger charge is -2.23. The van der Waals surface area contributed by atoms with Crippen LogP contribution in [0.25, 0.3) is 0 Å². The van der Waals surface area contributed by atoms with E-state index >= 15 is 0 Å². The van der Waals surface area contributed by atoms with E-state index in [1.54, 1.807) is 13.8 Å². The Hall–Kier alpha value is -2.69. The predicted molar refractivity (Wildman–Crippen MR) is 85.2 cm³/mol. The first-order valence-corrected chi connectivity index (χ1v) is 7.53. The van der Waals surface area contributed by atoms with Crippen LogP contribution in [-0.2, 0) is 24.0 Å². The molecule has 7 N–H and O–H groups in total. The van der Waals surface area contributed by atoms with E-state index in [4.69, 9.17) is 15.9 Å². The topological polar surface area (TPSA) is 188 Å². The molecule has 0 saturated carbocycles. The van der Waals surface area contributed by atoms with Gasteiger partial charge >= 0.3 is 11.9 Å². The second-order valence-electron chi connectivity index (χ2n) is 5.78. The number of amides is 3. The molecule has 0 bridgehead atoms. The predicted octanol–water partition coefficient (Wildman–Crippen LogP) is -2.37. The maximum atomic E-state index is 12.0. The van der Waals surface area contributed by atoms with Crippen LogP contribution in [0.5, 0.6) is 0 Å². The summed E-state index contributed by atoms with van der Waals surface area (Å²) in [5.74, 6) is -5.00. The second kappa shape index (κ2) is 10.2. The van der Waals surface area contributed by atoms with E-state index in [0.29, 0.717) is 0 Å². The third kappa shape index (κ3) is 8.65. The van der Waals surface area contributed by atoms with E-state index in [1.807, 2.05) is 0 Å². The molecule has 0 fully saturated rings. The summed E-state index contributed by atoms with van der Waals surface area (Å²) in [6, 6.07) is -3.43. The number of carboxylic acid groups (broad SMARTS) is 2. The summed E-state index contributed by atoms with van der Waals surface area (Å²) in [5, 5.41) is 24.1. The number of aliphatic carboxylic acids is 2. The highest BCUT2D eigenvalue weighted by Crippen LogP contribution is 2.02. The van der Waals surface area contributed by atoms with Crippen molar-refractivity contribution in [1.29, 1.82) is 0 Å². The molecular formula is C14H24N4O7. The van der Waals surface area contributed by atoms with Gasteiger partial charge in [-0.25, -0.2) is 0 Å². The van der Waals surface area contributed by atoms with Crippen LogP contribution >= 0.6 is 0 Å². The SMILES string of the molecule is CC(NC(=O)C(NC(=O)CNC(=O)C(N)CC(=O)O)C(C)C)C(=O)O. The normalized spacial score (nSPS) is 14.1. The van der Waals surface area contributed by atoms with Gasteiger partial charge in [0.1, 0.15) is 12.1 Å². The van der Waals surface area contributed by atoms with Crippen LogP contribution in [-0.4, -0.2) is 64.5 Å². The summed E-state index contributed by atoms with van der Waals surface area (Å²) < 4.78 is 0. The fourth-order valence-electron chi connectivity index (χ4n) is 1.70. The van der Waals surface area contributed by atoms with Crippen molar-refractivity contribution in [2.75, 3.05) is 6.54 Å². The minimum atomic E-state index is -1.30. The van der Waals surface area contributed by atoms with Crippen LogP contribution in [0.1, 0.15) is 27.2 Å². The Morgan fingerprint density at radius 2 is 1.52 bits per heavy atom. The lowest BCUT2D eigenvalue weighted by atomic mass is 10.0. The first kappa shape index (κ1) is 22.3. The standard InChI is InChI=1S/C14H24N4O7/c1-6(2)11(13(23)17-7(3)14(24)25)18-9(19)5-16-12(22)8(15)4-10(20)21/h6-8,11H,4-5,15H2,1-3H3,(H,16,22)(H,17,23)(H,18,19)(H,20,21)(H,24,25). The smallest absolute Gasteiger partial charge is 0.325 e. The van der Waals surface area contributed by atoms with E-state index in [1.165, 1.54) is 6.92 Å². The van der Waals surface area contributed by atoms with Crippen LogP contribution in [0.2, 0.25) is 0 Å². The molecule has 0 aliphatic rings. The molecule has 0 heterocycles. The molecule has 3 unspecified atom stereocenters. The van der Waals surface area contributed by atoms with Crippen molar-refractivity contribution in [1.82, 2.24) is 16.0 Å². The zero-order valence-electron chi connectivity index (χ0n) is 14.2. The molecule has 0 radical (unpaired) electrons. The minimum Gasteiger partial charge on any atom is -0.481 e. The van der Waals surface area contributed by atoms with Gasteiger partial charge in [0.15, 0.2) is 0 Å². The van der Waals surface area contributed by atoms with Crippen LogP contribution in [0.4, 0.5) is 0 Å². The zero-order valence-corrected chi connectivity index (χ0v) is 14.2. The van der Waals surface area contributed by atoms with E-state index in [-0.39, 0.29) is 5.92 Å². The summed E-state index contributed by atoms with van der Waals surface area (Å²) in [4.78, 5) is 56.6. The van der Waals surface area contributed by atoms with Gasteiger partial charge in [-0.2, -0.15) is 0 Å². The molecule has 0 spiro atoms. The average Bonchev–Trinajstić information content (AvgIpc) is 2.48. The van der Waals surface area contributed by atoms with E-state index in [2.05, 4.69) is 16.0 Å². The zero-order chi connectivity index (χ0) is 19.7. The van der Waals surface area contributed by atoms with Crippen molar-refractivity contribution < 1.29 is 34.2 Å². The lowest BCUT2D eigenvalue weighted by Crippen LogP contribution is -2.55. The fraction of sp³-hybridized carbons (Fsp3) is 0.643. The molecule has 142 valence electrons. The molecule has 0 rings (SSSR count). The number of rotatable bonds is 10. The minimum absolute atomic E-state index is 0.338. The fourth-order valence-corrected chi connectivity index (χ4v) is 1.70. The first-order chi connectivity index (χ1) is 11.5. The number of carbonyl (C=O) groups is 5. The Labute approximate surface area is 144 Å². The van der Waals surface area contributed by atoms with Crippen molar-refractivity contribution >= 4 is 29.7 Å². The molecule has 0 aliphatic carbocycles. The third-order valence-electron chi connectivity index (χ3n) is 3.15. The highest BCUT2D eigenvalue weighted by molar-refractivity contribution is 5.93. The molecule has 11 heteroatoms. The Morgan fingerprint density at radius 1 is 0.960 bits per heavy atom. The molecular weight excluding hydrogens is 336 g/mol. The number of hydrogen-bond acceptors (Lipinski definition) is 6. The molecule has 3 amide bonds. The number of carboxylic acids is 2. The molecule has 0 aliphatic heterocycles. The Bertz CT molecular complexity index is 535. The summed E-state index contributed by atoms with van der Waals surface area (Å²) in [5.41, 5.74) is 5.34. The summed E-state index contributed by atoms with van der Waals surface area (Å²) in [6.07, 6.45) is -0.586. The van der Waals surface area contributed by atoms with Crippen molar-refractivity contribution in [2.45, 2.75) is 45.3 Å². The third-order valence-corrected chi connectivity index (χ3v) is 3.15. The van der Waals surface area contributed by atoms with Crippen LogP contribution in [0.15, 0.2) is 0 Å².